The second kappa shape index (κ2) is 4.81. The monoisotopic (exact) mass is 247 g/mol. The van der Waals surface area contributed by atoms with Crippen LogP contribution in [-0.4, -0.2) is 25.8 Å². The zero-order valence-electron chi connectivity index (χ0n) is 11.2. The number of benzene rings is 1. The zero-order valence-corrected chi connectivity index (χ0v) is 11.2. The lowest BCUT2D eigenvalue weighted by Gasteiger charge is -2.24. The van der Waals surface area contributed by atoms with Gasteiger partial charge in [0.25, 0.3) is 0 Å². The van der Waals surface area contributed by atoms with Crippen LogP contribution in [0.2, 0.25) is 0 Å². The highest BCUT2D eigenvalue weighted by atomic mass is 16.6. The minimum absolute atomic E-state index is 0.630. The molecule has 3 rings (SSSR count). The minimum atomic E-state index is 0.630. The molecule has 2 aliphatic rings. The van der Waals surface area contributed by atoms with Crippen LogP contribution in [0.4, 0.5) is 0 Å². The number of ether oxygens (including phenoxy) is 2. The standard InChI is InChI=1S/C15H21NO2/c1-10-11(2)15-14(17-6-7-18-15)9-12(10)8-13-4-3-5-16-13/h9,13,16H,3-8H2,1-2H3. The molecule has 3 heteroatoms. The molecule has 1 saturated heterocycles. The van der Waals surface area contributed by atoms with Crippen LogP contribution in [0.1, 0.15) is 29.5 Å². The van der Waals surface area contributed by atoms with Crippen LogP contribution in [0.3, 0.4) is 0 Å². The van der Waals surface area contributed by atoms with Crippen LogP contribution < -0.4 is 14.8 Å². The summed E-state index contributed by atoms with van der Waals surface area (Å²) in [4.78, 5) is 0. The van der Waals surface area contributed by atoms with Crippen LogP contribution in [0, 0.1) is 13.8 Å². The van der Waals surface area contributed by atoms with Gasteiger partial charge in [0, 0.05) is 6.04 Å². The molecule has 1 N–H and O–H groups in total. The Morgan fingerprint density at radius 2 is 2.06 bits per heavy atom. The van der Waals surface area contributed by atoms with E-state index in [4.69, 9.17) is 9.47 Å². The Morgan fingerprint density at radius 3 is 2.83 bits per heavy atom. The van der Waals surface area contributed by atoms with Crippen molar-refractivity contribution < 1.29 is 9.47 Å². The summed E-state index contributed by atoms with van der Waals surface area (Å²) in [5.74, 6) is 1.87. The summed E-state index contributed by atoms with van der Waals surface area (Å²) in [5, 5.41) is 3.56. The molecule has 0 aliphatic carbocycles. The third-order valence-corrected chi connectivity index (χ3v) is 4.13. The van der Waals surface area contributed by atoms with E-state index >= 15 is 0 Å². The summed E-state index contributed by atoms with van der Waals surface area (Å²) in [6.07, 6.45) is 3.68. The molecular weight excluding hydrogens is 226 g/mol. The Labute approximate surface area is 108 Å². The van der Waals surface area contributed by atoms with Gasteiger partial charge in [-0.05, 0) is 62.4 Å². The third kappa shape index (κ3) is 2.07. The number of hydrogen-bond acceptors (Lipinski definition) is 3. The Balaban J connectivity index is 1.91. The highest BCUT2D eigenvalue weighted by Gasteiger charge is 2.21. The van der Waals surface area contributed by atoms with Gasteiger partial charge in [-0.3, -0.25) is 0 Å². The van der Waals surface area contributed by atoms with E-state index in [1.54, 1.807) is 0 Å². The minimum Gasteiger partial charge on any atom is -0.486 e. The molecule has 1 unspecified atom stereocenters. The van der Waals surface area contributed by atoms with E-state index < -0.39 is 0 Å². The van der Waals surface area contributed by atoms with Crippen LogP contribution in [-0.2, 0) is 6.42 Å². The van der Waals surface area contributed by atoms with Crippen molar-refractivity contribution in [2.45, 2.75) is 39.2 Å². The van der Waals surface area contributed by atoms with Crippen LogP contribution in [0.5, 0.6) is 11.5 Å². The van der Waals surface area contributed by atoms with Crippen molar-refractivity contribution in [3.8, 4) is 11.5 Å². The van der Waals surface area contributed by atoms with Gasteiger partial charge < -0.3 is 14.8 Å². The normalized spacial score (nSPS) is 22.2. The Kier molecular flexibility index (Phi) is 3.16. The van der Waals surface area contributed by atoms with Crippen LogP contribution >= 0.6 is 0 Å². The van der Waals surface area contributed by atoms with Gasteiger partial charge >= 0.3 is 0 Å². The lowest BCUT2D eigenvalue weighted by molar-refractivity contribution is 0.170. The zero-order chi connectivity index (χ0) is 12.5. The quantitative estimate of drug-likeness (QED) is 0.870. The van der Waals surface area contributed by atoms with Crippen LogP contribution in [0.25, 0.3) is 0 Å². The molecule has 98 valence electrons. The lowest BCUT2D eigenvalue weighted by atomic mass is 9.95. The maximum Gasteiger partial charge on any atom is 0.164 e. The molecule has 0 spiro atoms. The second-order valence-corrected chi connectivity index (χ2v) is 5.31. The molecule has 2 heterocycles. The smallest absolute Gasteiger partial charge is 0.164 e. The van der Waals surface area contributed by atoms with E-state index in [2.05, 4.69) is 25.2 Å². The summed E-state index contributed by atoms with van der Waals surface area (Å²) in [7, 11) is 0. The fourth-order valence-electron chi connectivity index (χ4n) is 2.92. The SMILES string of the molecule is Cc1c(CC2CCCN2)cc2c(c1C)OCCO2. The topological polar surface area (TPSA) is 30.5 Å². The summed E-state index contributed by atoms with van der Waals surface area (Å²) in [6.45, 7) is 6.81. The summed E-state index contributed by atoms with van der Waals surface area (Å²) in [5.41, 5.74) is 3.99. The molecule has 0 saturated carbocycles. The highest BCUT2D eigenvalue weighted by Crippen LogP contribution is 2.37. The predicted octanol–water partition coefficient (Wildman–Crippen LogP) is 2.37. The molecule has 1 aromatic rings. The van der Waals surface area contributed by atoms with Gasteiger partial charge in [-0.2, -0.15) is 0 Å². The van der Waals surface area contributed by atoms with Gasteiger partial charge in [0.15, 0.2) is 11.5 Å². The number of rotatable bonds is 2. The summed E-state index contributed by atoms with van der Waals surface area (Å²) >= 11 is 0. The fraction of sp³-hybridized carbons (Fsp3) is 0.600. The van der Waals surface area contributed by atoms with Crippen molar-refractivity contribution in [1.29, 1.82) is 0 Å². The first-order chi connectivity index (χ1) is 8.75. The number of fused-ring (bicyclic) bond motifs is 1. The molecule has 0 bridgehead atoms. The molecular formula is C15H21NO2. The predicted molar refractivity (Wildman–Crippen MR) is 71.6 cm³/mol. The van der Waals surface area contributed by atoms with Crippen molar-refractivity contribution in [2.75, 3.05) is 19.8 Å². The molecule has 1 atom stereocenters. The molecule has 0 amide bonds. The summed E-state index contributed by atoms with van der Waals surface area (Å²) < 4.78 is 11.4. The van der Waals surface area contributed by atoms with Gasteiger partial charge in [-0.1, -0.05) is 0 Å². The average Bonchev–Trinajstić information content (AvgIpc) is 2.89. The van der Waals surface area contributed by atoms with Crippen LogP contribution in [0.15, 0.2) is 6.07 Å². The van der Waals surface area contributed by atoms with E-state index in [1.165, 1.54) is 29.5 Å². The van der Waals surface area contributed by atoms with Gasteiger partial charge in [0.05, 0.1) is 0 Å². The summed E-state index contributed by atoms with van der Waals surface area (Å²) in [6, 6.07) is 2.81. The van der Waals surface area contributed by atoms with E-state index in [9.17, 15) is 0 Å². The number of nitrogens with one attached hydrogen (secondary N) is 1. The first kappa shape index (κ1) is 11.8. The van der Waals surface area contributed by atoms with Crippen molar-refractivity contribution in [3.63, 3.8) is 0 Å². The van der Waals surface area contributed by atoms with E-state index in [1.807, 2.05) is 0 Å². The second-order valence-electron chi connectivity index (χ2n) is 5.31. The van der Waals surface area contributed by atoms with Gasteiger partial charge in [0.1, 0.15) is 13.2 Å². The maximum absolute atomic E-state index is 5.72. The first-order valence-electron chi connectivity index (χ1n) is 6.88. The van der Waals surface area contributed by atoms with Gasteiger partial charge in [0.2, 0.25) is 0 Å². The van der Waals surface area contributed by atoms with Crippen molar-refractivity contribution in [3.05, 3.63) is 22.8 Å². The molecule has 1 fully saturated rings. The molecule has 2 aliphatic heterocycles. The molecule has 0 aromatic heterocycles. The lowest BCUT2D eigenvalue weighted by Crippen LogP contribution is -2.24. The van der Waals surface area contributed by atoms with Gasteiger partial charge in [-0.15, -0.1) is 0 Å². The third-order valence-electron chi connectivity index (χ3n) is 4.13. The first-order valence-corrected chi connectivity index (χ1v) is 6.88. The average molecular weight is 247 g/mol. The maximum atomic E-state index is 5.72. The molecule has 1 aromatic carbocycles. The Bertz CT molecular complexity index is 450. The Morgan fingerprint density at radius 1 is 1.22 bits per heavy atom. The number of hydrogen-bond donors (Lipinski definition) is 1. The van der Waals surface area contributed by atoms with E-state index in [-0.39, 0.29) is 0 Å². The van der Waals surface area contributed by atoms with Crippen molar-refractivity contribution >= 4 is 0 Å². The molecule has 3 nitrogen and oxygen atoms in total. The van der Waals surface area contributed by atoms with Crippen molar-refractivity contribution in [2.24, 2.45) is 0 Å². The largest absolute Gasteiger partial charge is 0.486 e. The molecule has 0 radical (unpaired) electrons. The highest BCUT2D eigenvalue weighted by molar-refractivity contribution is 5.54. The van der Waals surface area contributed by atoms with E-state index in [0.29, 0.717) is 19.3 Å². The van der Waals surface area contributed by atoms with Gasteiger partial charge in [-0.25, -0.2) is 0 Å². The molecule has 18 heavy (non-hydrogen) atoms. The van der Waals surface area contributed by atoms with E-state index in [0.717, 1.165) is 24.5 Å². The van der Waals surface area contributed by atoms with Crippen molar-refractivity contribution in [1.82, 2.24) is 5.32 Å². The Hall–Kier alpha value is -1.22. The fourth-order valence-corrected chi connectivity index (χ4v) is 2.92.